The van der Waals surface area contributed by atoms with E-state index in [4.69, 9.17) is 18.6 Å². The van der Waals surface area contributed by atoms with Crippen molar-refractivity contribution in [1.29, 1.82) is 0 Å². The lowest BCUT2D eigenvalue weighted by molar-refractivity contribution is -0.372. The molecular weight excluding hydrogens is 320 g/mol. The summed E-state index contributed by atoms with van der Waals surface area (Å²) in [6.45, 7) is 6.71. The smallest absolute Gasteiger partial charge is 0.167 e. The van der Waals surface area contributed by atoms with Crippen LogP contribution in [0, 0.1) is 29.6 Å². The van der Waals surface area contributed by atoms with Gasteiger partial charge in [0.2, 0.25) is 0 Å². The number of ether oxygens (including phenoxy) is 3. The van der Waals surface area contributed by atoms with Crippen molar-refractivity contribution >= 4 is 0 Å². The summed E-state index contributed by atoms with van der Waals surface area (Å²) < 4.78 is 23.7. The van der Waals surface area contributed by atoms with Crippen molar-refractivity contribution in [3.8, 4) is 0 Å². The van der Waals surface area contributed by atoms with Gasteiger partial charge in [-0.3, -0.25) is 0 Å². The van der Waals surface area contributed by atoms with Crippen molar-refractivity contribution in [2.45, 2.75) is 71.4 Å². The molecule has 0 radical (unpaired) electrons. The van der Waals surface area contributed by atoms with Crippen molar-refractivity contribution < 1.29 is 23.7 Å². The van der Waals surface area contributed by atoms with Crippen LogP contribution in [0.25, 0.3) is 0 Å². The summed E-state index contributed by atoms with van der Waals surface area (Å²) in [7, 11) is 0. The molecule has 8 atom stereocenters. The Bertz CT molecular complexity index is 569. The fraction of sp³-hybridized carbons (Fsp3) is 0.800. The molecule has 5 heteroatoms. The molecule has 2 saturated heterocycles. The normalized spacial score (nSPS) is 47.1. The molecule has 0 aromatic carbocycles. The van der Waals surface area contributed by atoms with Crippen molar-refractivity contribution in [3.63, 3.8) is 0 Å². The van der Waals surface area contributed by atoms with Crippen LogP contribution in [0.4, 0.5) is 0 Å². The van der Waals surface area contributed by atoms with Crippen LogP contribution in [-0.4, -0.2) is 23.5 Å². The van der Waals surface area contributed by atoms with Gasteiger partial charge in [-0.2, -0.15) is 0 Å². The Morgan fingerprint density at radius 2 is 2.08 bits per heavy atom. The minimum atomic E-state index is -1.13. The topological polar surface area (TPSA) is 61.1 Å². The second-order valence-corrected chi connectivity index (χ2v) is 8.41. The Labute approximate surface area is 149 Å². The molecule has 0 bridgehead atoms. The van der Waals surface area contributed by atoms with E-state index in [2.05, 4.69) is 13.8 Å². The van der Waals surface area contributed by atoms with Crippen LogP contribution in [-0.2, 0) is 20.8 Å². The van der Waals surface area contributed by atoms with E-state index in [9.17, 15) is 5.11 Å². The van der Waals surface area contributed by atoms with Crippen LogP contribution in [0.15, 0.2) is 22.8 Å². The van der Waals surface area contributed by atoms with Crippen molar-refractivity contribution in [3.05, 3.63) is 24.2 Å². The van der Waals surface area contributed by atoms with E-state index in [1.165, 1.54) is 12.8 Å². The highest BCUT2D eigenvalue weighted by atomic mass is 16.8. The number of hydrogen-bond donors (Lipinski definition) is 1. The van der Waals surface area contributed by atoms with E-state index >= 15 is 0 Å². The molecule has 3 heterocycles. The highest BCUT2D eigenvalue weighted by molar-refractivity contribution is 4.98. The zero-order valence-electron chi connectivity index (χ0n) is 15.4. The molecule has 25 heavy (non-hydrogen) atoms. The number of furan rings is 1. The first-order valence-corrected chi connectivity index (χ1v) is 9.64. The molecular formula is C20H30O5. The van der Waals surface area contributed by atoms with Crippen LogP contribution >= 0.6 is 0 Å². The lowest BCUT2D eigenvalue weighted by Crippen LogP contribution is -2.54. The van der Waals surface area contributed by atoms with Gasteiger partial charge in [-0.1, -0.05) is 20.3 Å². The molecule has 1 saturated carbocycles. The molecule has 1 aliphatic carbocycles. The van der Waals surface area contributed by atoms with Gasteiger partial charge >= 0.3 is 0 Å². The molecule has 0 amide bonds. The van der Waals surface area contributed by atoms with Gasteiger partial charge in [-0.25, -0.2) is 0 Å². The second-order valence-electron chi connectivity index (χ2n) is 8.41. The summed E-state index contributed by atoms with van der Waals surface area (Å²) in [6.07, 6.45) is 4.99. The van der Waals surface area contributed by atoms with E-state index in [0.717, 1.165) is 12.2 Å². The number of aliphatic hydroxyl groups is 1. The predicted octanol–water partition coefficient (Wildman–Crippen LogP) is 3.91. The lowest BCUT2D eigenvalue weighted by Gasteiger charge is -2.51. The summed E-state index contributed by atoms with van der Waals surface area (Å²) >= 11 is 0. The van der Waals surface area contributed by atoms with E-state index in [0.29, 0.717) is 42.6 Å². The number of rotatable bonds is 3. The Morgan fingerprint density at radius 1 is 1.24 bits per heavy atom. The summed E-state index contributed by atoms with van der Waals surface area (Å²) in [5, 5.41) is 10.6. The molecule has 0 spiro atoms. The Balaban J connectivity index is 1.54. The Kier molecular flexibility index (Phi) is 4.69. The van der Waals surface area contributed by atoms with Crippen molar-refractivity contribution in [2.75, 3.05) is 0 Å². The van der Waals surface area contributed by atoms with E-state index in [1.54, 1.807) is 13.2 Å². The van der Waals surface area contributed by atoms with Gasteiger partial charge in [-0.05, 0) is 49.7 Å². The Morgan fingerprint density at radius 3 is 2.84 bits per heavy atom. The molecule has 1 aromatic heterocycles. The summed E-state index contributed by atoms with van der Waals surface area (Å²) in [6, 6.07) is 3.76. The van der Waals surface area contributed by atoms with Crippen LogP contribution in [0.1, 0.15) is 52.2 Å². The molecule has 1 aromatic rings. The third-order valence-corrected chi connectivity index (χ3v) is 6.64. The fourth-order valence-corrected chi connectivity index (χ4v) is 5.20. The molecule has 1 N–H and O–H groups in total. The maximum atomic E-state index is 10.6. The molecule has 2 aliphatic heterocycles. The largest absolute Gasteiger partial charge is 0.467 e. The third-order valence-electron chi connectivity index (χ3n) is 6.64. The first-order chi connectivity index (χ1) is 11.9. The zero-order chi connectivity index (χ0) is 17.6. The van der Waals surface area contributed by atoms with Gasteiger partial charge in [0, 0.05) is 18.3 Å². The molecule has 140 valence electrons. The van der Waals surface area contributed by atoms with E-state index < -0.39 is 12.1 Å². The molecule has 3 aliphatic rings. The first kappa shape index (κ1) is 17.5. The van der Waals surface area contributed by atoms with Gasteiger partial charge in [0.1, 0.15) is 12.4 Å². The van der Waals surface area contributed by atoms with Gasteiger partial charge in [-0.15, -0.1) is 0 Å². The molecule has 5 nitrogen and oxygen atoms in total. The highest BCUT2D eigenvalue weighted by Crippen LogP contribution is 2.53. The van der Waals surface area contributed by atoms with Gasteiger partial charge in [0.25, 0.3) is 0 Å². The zero-order valence-corrected chi connectivity index (χ0v) is 15.4. The standard InChI is InChI=1S/C20H30O5/c1-12-6-7-16-13(2)18(23-11-14-5-4-10-22-14)24-19-17(16)15(12)8-9-20(3,21)25-19/h4-5,10,12-13,15-19,21H,6-9,11H2,1-3H3. The maximum absolute atomic E-state index is 10.6. The third kappa shape index (κ3) is 3.39. The van der Waals surface area contributed by atoms with Gasteiger partial charge < -0.3 is 23.7 Å². The quantitative estimate of drug-likeness (QED) is 0.895. The van der Waals surface area contributed by atoms with Crippen LogP contribution in [0.5, 0.6) is 0 Å². The summed E-state index contributed by atoms with van der Waals surface area (Å²) in [5.74, 6) is 2.02. The summed E-state index contributed by atoms with van der Waals surface area (Å²) in [4.78, 5) is 0. The van der Waals surface area contributed by atoms with E-state index in [-0.39, 0.29) is 6.29 Å². The van der Waals surface area contributed by atoms with Crippen molar-refractivity contribution in [2.24, 2.45) is 29.6 Å². The highest BCUT2D eigenvalue weighted by Gasteiger charge is 2.54. The first-order valence-electron chi connectivity index (χ1n) is 9.64. The maximum Gasteiger partial charge on any atom is 0.167 e. The monoisotopic (exact) mass is 350 g/mol. The van der Waals surface area contributed by atoms with Gasteiger partial charge in [0.05, 0.1) is 6.26 Å². The average molecular weight is 350 g/mol. The van der Waals surface area contributed by atoms with Crippen LogP contribution < -0.4 is 0 Å². The fourth-order valence-electron chi connectivity index (χ4n) is 5.20. The minimum Gasteiger partial charge on any atom is -0.467 e. The second kappa shape index (κ2) is 6.69. The molecule has 8 unspecified atom stereocenters. The number of hydrogen-bond acceptors (Lipinski definition) is 5. The Hall–Kier alpha value is -0.880. The van der Waals surface area contributed by atoms with E-state index in [1.807, 2.05) is 12.1 Å². The van der Waals surface area contributed by atoms with Crippen LogP contribution in [0.2, 0.25) is 0 Å². The predicted molar refractivity (Wildman–Crippen MR) is 91.1 cm³/mol. The lowest BCUT2D eigenvalue weighted by atomic mass is 9.61. The van der Waals surface area contributed by atoms with Crippen molar-refractivity contribution in [1.82, 2.24) is 0 Å². The van der Waals surface area contributed by atoms with Crippen LogP contribution in [0.3, 0.4) is 0 Å². The van der Waals surface area contributed by atoms with Gasteiger partial charge in [0.15, 0.2) is 18.4 Å². The SMILES string of the molecule is CC1CCC2C(C)C(OCc3ccco3)OC3OC(C)(O)CCC1C32. The summed E-state index contributed by atoms with van der Waals surface area (Å²) in [5.41, 5.74) is 0. The molecule has 3 fully saturated rings. The average Bonchev–Trinajstić information content (AvgIpc) is 3.03. The molecule has 4 rings (SSSR count). The minimum absolute atomic E-state index is 0.304.